The van der Waals surface area contributed by atoms with E-state index in [-0.39, 0.29) is 0 Å². The summed E-state index contributed by atoms with van der Waals surface area (Å²) in [7, 11) is 1.09. The third-order valence-corrected chi connectivity index (χ3v) is 2.39. The Morgan fingerprint density at radius 3 is 2.73 bits per heavy atom. The lowest BCUT2D eigenvalue weighted by Gasteiger charge is -1.96. The van der Waals surface area contributed by atoms with Gasteiger partial charge in [0, 0.05) is 10.2 Å². The van der Waals surface area contributed by atoms with Gasteiger partial charge in [-0.2, -0.15) is 0 Å². The van der Waals surface area contributed by atoms with E-state index in [0.717, 1.165) is 10.2 Å². The first-order valence-corrected chi connectivity index (χ1v) is 4.74. The summed E-state index contributed by atoms with van der Waals surface area (Å²) in [5.74, 6) is 0. The van der Waals surface area contributed by atoms with Crippen LogP contribution in [0.25, 0.3) is 10.8 Å². The molecule has 0 amide bonds. The van der Waals surface area contributed by atoms with Crippen LogP contribution in [0.15, 0.2) is 36.4 Å². The zero-order valence-electron chi connectivity index (χ0n) is 6.46. The van der Waals surface area contributed by atoms with E-state index in [2.05, 4.69) is 42.5 Å². The fourth-order valence-electron chi connectivity index (χ4n) is 1.23. The van der Waals surface area contributed by atoms with E-state index in [0.29, 0.717) is 0 Å². The largest absolute Gasteiger partial charge is 0.0628 e. The number of hydrogen-bond acceptors (Lipinski definition) is 0. The molecule has 11 heavy (non-hydrogen) atoms. The summed E-state index contributed by atoms with van der Waals surface area (Å²) in [5.41, 5.74) is 0. The van der Waals surface area contributed by atoms with E-state index < -0.39 is 0 Å². The van der Waals surface area contributed by atoms with Gasteiger partial charge in [-0.3, -0.25) is 0 Å². The SMILES string of the molecule is [SiH3]c1[c]c2ccccc2cc1. The van der Waals surface area contributed by atoms with Gasteiger partial charge in [-0.15, -0.1) is 0 Å². The Bertz CT molecular complexity index is 379. The molecule has 0 fully saturated rings. The standard InChI is InChI=1S/C10H9Si/c11-10-6-5-8-3-1-2-4-9(8)7-10/h1-6H,11H3. The molecule has 0 nitrogen and oxygen atoms in total. The molecule has 0 saturated heterocycles. The molecule has 0 spiro atoms. The maximum atomic E-state index is 3.35. The summed E-state index contributed by atoms with van der Waals surface area (Å²) in [6, 6.07) is 16.0. The van der Waals surface area contributed by atoms with Crippen LogP contribution in [0.3, 0.4) is 0 Å². The van der Waals surface area contributed by atoms with Crippen LogP contribution in [0, 0.1) is 6.07 Å². The average molecular weight is 157 g/mol. The highest BCUT2D eigenvalue weighted by molar-refractivity contribution is 6.32. The molecule has 0 heterocycles. The van der Waals surface area contributed by atoms with Gasteiger partial charge >= 0.3 is 0 Å². The first-order chi connectivity index (χ1) is 5.36. The molecule has 1 heteroatoms. The van der Waals surface area contributed by atoms with E-state index in [1.807, 2.05) is 0 Å². The second-order valence-electron chi connectivity index (χ2n) is 2.73. The minimum absolute atomic E-state index is 1.09. The molecule has 0 aliphatic carbocycles. The maximum absolute atomic E-state index is 3.35. The third-order valence-electron chi connectivity index (χ3n) is 1.81. The molecule has 0 unspecified atom stereocenters. The Kier molecular flexibility index (Phi) is 1.51. The monoisotopic (exact) mass is 157 g/mol. The first-order valence-electron chi connectivity index (χ1n) is 3.74. The van der Waals surface area contributed by atoms with Crippen molar-refractivity contribution in [2.45, 2.75) is 0 Å². The van der Waals surface area contributed by atoms with E-state index in [4.69, 9.17) is 0 Å². The van der Waals surface area contributed by atoms with Crippen molar-refractivity contribution in [2.75, 3.05) is 0 Å². The molecule has 2 aromatic rings. The van der Waals surface area contributed by atoms with Crippen LogP contribution in [-0.4, -0.2) is 10.2 Å². The first kappa shape index (κ1) is 6.62. The maximum Gasteiger partial charge on any atom is 0.0393 e. The molecular weight excluding hydrogens is 148 g/mol. The van der Waals surface area contributed by atoms with Gasteiger partial charge < -0.3 is 0 Å². The van der Waals surface area contributed by atoms with E-state index in [9.17, 15) is 0 Å². The van der Waals surface area contributed by atoms with Crippen molar-refractivity contribution in [1.82, 2.24) is 0 Å². The van der Waals surface area contributed by atoms with Crippen molar-refractivity contribution in [1.29, 1.82) is 0 Å². The van der Waals surface area contributed by atoms with Gasteiger partial charge in [0.15, 0.2) is 0 Å². The predicted molar refractivity (Wildman–Crippen MR) is 52.4 cm³/mol. The van der Waals surface area contributed by atoms with Crippen molar-refractivity contribution in [3.8, 4) is 0 Å². The molecule has 0 aromatic heterocycles. The van der Waals surface area contributed by atoms with E-state index in [1.165, 1.54) is 16.0 Å². The second-order valence-corrected chi connectivity index (χ2v) is 3.81. The molecule has 0 aliphatic heterocycles. The van der Waals surface area contributed by atoms with Gasteiger partial charge in [-0.1, -0.05) is 41.6 Å². The van der Waals surface area contributed by atoms with Crippen LogP contribution in [0.5, 0.6) is 0 Å². The number of rotatable bonds is 0. The molecule has 53 valence electrons. The van der Waals surface area contributed by atoms with Crippen LogP contribution in [0.2, 0.25) is 0 Å². The Morgan fingerprint density at radius 1 is 1.00 bits per heavy atom. The van der Waals surface area contributed by atoms with Gasteiger partial charge in [0.25, 0.3) is 0 Å². The van der Waals surface area contributed by atoms with Crippen molar-refractivity contribution in [2.24, 2.45) is 0 Å². The minimum Gasteiger partial charge on any atom is -0.0628 e. The van der Waals surface area contributed by atoms with E-state index in [1.54, 1.807) is 0 Å². The normalized spacial score (nSPS) is 10.5. The van der Waals surface area contributed by atoms with Crippen molar-refractivity contribution in [3.05, 3.63) is 42.5 Å². The highest BCUT2D eigenvalue weighted by Gasteiger charge is 1.90. The van der Waals surface area contributed by atoms with E-state index >= 15 is 0 Å². The molecule has 1 radical (unpaired) electrons. The lowest BCUT2D eigenvalue weighted by Crippen LogP contribution is -1.99. The van der Waals surface area contributed by atoms with Crippen LogP contribution in [0.1, 0.15) is 0 Å². The van der Waals surface area contributed by atoms with Gasteiger partial charge in [-0.25, -0.2) is 0 Å². The third kappa shape index (κ3) is 1.19. The fourth-order valence-corrected chi connectivity index (χ4v) is 1.66. The molecule has 0 N–H and O–H groups in total. The van der Waals surface area contributed by atoms with Gasteiger partial charge in [-0.05, 0) is 16.8 Å². The topological polar surface area (TPSA) is 0 Å². The molecule has 0 saturated carbocycles. The fraction of sp³-hybridized carbons (Fsp3) is 0. The summed E-state index contributed by atoms with van der Waals surface area (Å²) < 4.78 is 0. The highest BCUT2D eigenvalue weighted by Crippen LogP contribution is 2.09. The minimum atomic E-state index is 1.09. The zero-order chi connectivity index (χ0) is 7.68. The summed E-state index contributed by atoms with van der Waals surface area (Å²) in [6.45, 7) is 0. The Labute approximate surface area is 69.3 Å². The van der Waals surface area contributed by atoms with Crippen LogP contribution < -0.4 is 5.19 Å². The smallest absolute Gasteiger partial charge is 0.0393 e. The Morgan fingerprint density at radius 2 is 1.82 bits per heavy atom. The quantitative estimate of drug-likeness (QED) is 0.492. The second kappa shape index (κ2) is 2.51. The van der Waals surface area contributed by atoms with Crippen LogP contribution in [-0.2, 0) is 0 Å². The molecular formula is C10H9Si. The van der Waals surface area contributed by atoms with Gasteiger partial charge in [0.05, 0.1) is 0 Å². The molecule has 0 atom stereocenters. The summed E-state index contributed by atoms with van der Waals surface area (Å²) in [4.78, 5) is 0. The Balaban J connectivity index is 2.83. The zero-order valence-corrected chi connectivity index (χ0v) is 8.46. The van der Waals surface area contributed by atoms with Gasteiger partial charge in [0.2, 0.25) is 0 Å². The van der Waals surface area contributed by atoms with Crippen molar-refractivity contribution < 1.29 is 0 Å². The molecule has 0 bridgehead atoms. The lowest BCUT2D eigenvalue weighted by molar-refractivity contribution is 1.77. The molecule has 0 aliphatic rings. The van der Waals surface area contributed by atoms with Crippen LogP contribution >= 0.6 is 0 Å². The van der Waals surface area contributed by atoms with Crippen molar-refractivity contribution in [3.63, 3.8) is 0 Å². The summed E-state index contributed by atoms with van der Waals surface area (Å²) in [6.07, 6.45) is 0. The summed E-state index contributed by atoms with van der Waals surface area (Å²) in [5, 5.41) is 3.86. The lowest BCUT2D eigenvalue weighted by atomic mass is 10.1. The summed E-state index contributed by atoms with van der Waals surface area (Å²) >= 11 is 0. The van der Waals surface area contributed by atoms with Crippen LogP contribution in [0.4, 0.5) is 0 Å². The number of hydrogen-bond donors (Lipinski definition) is 0. The Hall–Kier alpha value is -1.08. The molecule has 2 aromatic carbocycles. The van der Waals surface area contributed by atoms with Gasteiger partial charge in [0.1, 0.15) is 0 Å². The average Bonchev–Trinajstić information content (AvgIpc) is 2.04. The predicted octanol–water partition coefficient (Wildman–Crippen LogP) is 0.631. The highest BCUT2D eigenvalue weighted by atomic mass is 28.1. The molecule has 2 rings (SSSR count). The number of fused-ring (bicyclic) bond motifs is 1. The van der Waals surface area contributed by atoms with Crippen molar-refractivity contribution >= 4 is 26.2 Å². The number of benzene rings is 2.